The van der Waals surface area contributed by atoms with Crippen LogP contribution in [0.3, 0.4) is 0 Å². The van der Waals surface area contributed by atoms with Gasteiger partial charge in [-0.2, -0.15) is 0 Å². The lowest BCUT2D eigenvalue weighted by Crippen LogP contribution is -2.54. The number of esters is 1. The van der Waals surface area contributed by atoms with Crippen molar-refractivity contribution in [2.24, 2.45) is 29.6 Å². The Morgan fingerprint density at radius 3 is 0.774 bits per heavy atom. The Morgan fingerprint density at radius 1 is 0.344 bits per heavy atom. The summed E-state index contributed by atoms with van der Waals surface area (Å²) in [5, 5.41) is 24.4. The van der Waals surface area contributed by atoms with Gasteiger partial charge in [-0.1, -0.05) is 191 Å². The molecule has 500 valence electrons. The van der Waals surface area contributed by atoms with Crippen molar-refractivity contribution >= 4 is 83.6 Å². The number of amides is 9. The topological polar surface area (TPSA) is 297 Å². The lowest BCUT2D eigenvalue weighted by molar-refractivity contribution is -0.145. The molecular formula is C72H95N9O12. The third kappa shape index (κ3) is 28.2. The second-order valence-electron chi connectivity index (χ2n) is 25.8. The molecule has 9 N–H and O–H groups in total. The lowest BCUT2D eigenvalue weighted by Gasteiger charge is -2.25. The van der Waals surface area contributed by atoms with E-state index in [0.29, 0.717) is 22.3 Å². The van der Waals surface area contributed by atoms with Gasteiger partial charge in [-0.25, -0.2) is 9.59 Å². The van der Waals surface area contributed by atoms with Crippen LogP contribution in [0.5, 0.6) is 0 Å². The third-order valence-corrected chi connectivity index (χ3v) is 13.7. The molecule has 0 aliphatic rings. The van der Waals surface area contributed by atoms with Crippen molar-refractivity contribution in [1.82, 2.24) is 47.9 Å². The lowest BCUT2D eigenvalue weighted by atomic mass is 10.0. The highest BCUT2D eigenvalue weighted by Gasteiger charge is 2.34. The molecule has 9 amide bonds. The van der Waals surface area contributed by atoms with Gasteiger partial charge in [0.1, 0.15) is 58.6 Å². The Balaban J connectivity index is 1.71. The monoisotopic (exact) mass is 1280 g/mol. The summed E-state index contributed by atoms with van der Waals surface area (Å²) in [6.07, 6.45) is 5.40. The van der Waals surface area contributed by atoms with Crippen LogP contribution >= 0.6 is 0 Å². The number of hydrogen-bond donors (Lipinski definition) is 9. The minimum absolute atomic E-state index is 0.0222. The first-order chi connectivity index (χ1) is 43.9. The van der Waals surface area contributed by atoms with E-state index in [-0.39, 0.29) is 84.5 Å². The molecule has 0 fully saturated rings. The third-order valence-electron chi connectivity index (χ3n) is 13.7. The smallest absolute Gasteiger partial charge is 0.408 e. The highest BCUT2D eigenvalue weighted by Crippen LogP contribution is 2.18. The van der Waals surface area contributed by atoms with Crippen LogP contribution in [0.2, 0.25) is 0 Å². The van der Waals surface area contributed by atoms with E-state index in [0.717, 1.165) is 0 Å². The fourth-order valence-electron chi connectivity index (χ4n) is 9.41. The van der Waals surface area contributed by atoms with E-state index in [1.165, 1.54) is 31.4 Å². The van der Waals surface area contributed by atoms with E-state index >= 15 is 0 Å². The standard InChI is InChI=1S/C72H95N9O12/c1-44(2)35-53(62(82)76-58(41-50-29-21-16-22-30-50)67(87)74-55(37-46(5)6)64(84)78-60(43-52-33-25-18-26-34-52)69(89)80-61(39-48(9)10)70(90)92-14)73-66(86)57(40-49-27-19-15-20-28-49)77-63(83)54(36-45(3)4)75-68(88)59(42-51-31-23-17-24-32-51)79-65(85)56(38-47(7)8)81-71(91)93-72(11,12)13/h15-34,40-48,53-56,61H,35-39H2,1-14H3,(H,73,86)(H,74,87)(H,75,88)(H,76,82)(H,77,83)(H,78,84)(H,79,85)(H,80,89)(H,81,91)/b57-40-,58-41-,59-42+,60-43+/t53-,54-,55-,56-,61-/m0/s1. The maximum Gasteiger partial charge on any atom is 0.408 e. The van der Waals surface area contributed by atoms with Crippen LogP contribution in [-0.4, -0.2) is 102 Å². The average molecular weight is 1280 g/mol. The molecule has 93 heavy (non-hydrogen) atoms. The quantitative estimate of drug-likeness (QED) is 0.0164. The highest BCUT2D eigenvalue weighted by atomic mass is 16.6. The molecule has 21 heteroatoms. The van der Waals surface area contributed by atoms with Gasteiger partial charge >= 0.3 is 12.1 Å². The van der Waals surface area contributed by atoms with Gasteiger partial charge < -0.3 is 57.3 Å². The largest absolute Gasteiger partial charge is 0.467 e. The highest BCUT2D eigenvalue weighted by molar-refractivity contribution is 6.09. The summed E-state index contributed by atoms with van der Waals surface area (Å²) in [6.45, 7) is 23.5. The summed E-state index contributed by atoms with van der Waals surface area (Å²) < 4.78 is 10.4. The molecule has 0 spiro atoms. The fraction of sp³-hybridized carbons (Fsp3) is 0.417. The first-order valence-electron chi connectivity index (χ1n) is 31.5. The normalized spacial score (nSPS) is 13.8. The Labute approximate surface area is 547 Å². The average Bonchev–Trinajstić information content (AvgIpc) is 1.02. The molecule has 0 heterocycles. The molecule has 4 aromatic rings. The number of alkyl carbamates (subject to hydrolysis) is 1. The van der Waals surface area contributed by atoms with Gasteiger partial charge in [0, 0.05) is 0 Å². The zero-order valence-electron chi connectivity index (χ0n) is 56.1. The Hall–Kier alpha value is -9.66. The van der Waals surface area contributed by atoms with Crippen molar-refractivity contribution in [3.8, 4) is 0 Å². The maximum atomic E-state index is 14.9. The SMILES string of the molecule is COC(=O)[C@H](CC(C)C)NC(=O)/C(=C\c1ccccc1)NC(=O)[C@H](CC(C)C)NC(=O)/C(=C/c1ccccc1)NC(=O)[C@H](CC(C)C)NC(=O)/C(=C/c1ccccc1)NC(=O)[C@H](CC(C)C)NC(=O)/C(=C\c1ccccc1)NC(=O)[C@H](CC(C)C)NC(=O)OC(C)(C)C. The Morgan fingerprint density at radius 2 is 0.559 bits per heavy atom. The second kappa shape index (κ2) is 37.6. The van der Waals surface area contributed by atoms with Gasteiger partial charge in [-0.3, -0.25) is 38.4 Å². The molecule has 0 aliphatic carbocycles. The van der Waals surface area contributed by atoms with E-state index < -0.39 is 95.1 Å². The number of benzene rings is 4. The van der Waals surface area contributed by atoms with Gasteiger partial charge in [-0.05, 0) is 129 Å². The minimum Gasteiger partial charge on any atom is -0.467 e. The molecule has 5 atom stereocenters. The number of carbonyl (C=O) groups excluding carboxylic acids is 10. The second-order valence-corrected chi connectivity index (χ2v) is 25.8. The van der Waals surface area contributed by atoms with Crippen LogP contribution in [0.1, 0.15) is 144 Å². The van der Waals surface area contributed by atoms with Crippen molar-refractivity contribution in [1.29, 1.82) is 0 Å². The number of nitrogens with one attached hydrogen (secondary N) is 9. The van der Waals surface area contributed by atoms with E-state index in [9.17, 15) is 47.9 Å². The number of methoxy groups -OCH3 is 1. The van der Waals surface area contributed by atoms with E-state index in [1.54, 1.807) is 142 Å². The molecule has 0 aromatic heterocycles. The fourth-order valence-corrected chi connectivity index (χ4v) is 9.41. The molecule has 0 unspecified atom stereocenters. The molecule has 0 bridgehead atoms. The summed E-state index contributed by atoms with van der Waals surface area (Å²) in [4.78, 5) is 142. The number of carbonyl (C=O) groups is 10. The molecule has 0 radical (unpaired) electrons. The molecule has 4 rings (SSSR count). The summed E-state index contributed by atoms with van der Waals surface area (Å²) in [6, 6.07) is 28.3. The summed E-state index contributed by atoms with van der Waals surface area (Å²) in [5.41, 5.74) is 0.0678. The molecular weight excluding hydrogens is 1180 g/mol. The summed E-state index contributed by atoms with van der Waals surface area (Å²) in [7, 11) is 1.21. The minimum atomic E-state index is -1.37. The van der Waals surface area contributed by atoms with Crippen molar-refractivity contribution in [2.75, 3.05) is 7.11 Å². The first-order valence-corrected chi connectivity index (χ1v) is 31.5. The Kier molecular flexibility index (Phi) is 30.7. The van der Waals surface area contributed by atoms with Gasteiger partial charge in [0.2, 0.25) is 23.6 Å². The zero-order valence-corrected chi connectivity index (χ0v) is 56.1. The first kappa shape index (κ1) is 75.8. The van der Waals surface area contributed by atoms with Crippen LogP contribution in [0.25, 0.3) is 24.3 Å². The van der Waals surface area contributed by atoms with Crippen molar-refractivity contribution < 1.29 is 57.4 Å². The molecule has 4 aromatic carbocycles. The maximum absolute atomic E-state index is 14.9. The van der Waals surface area contributed by atoms with E-state index in [2.05, 4.69) is 47.9 Å². The number of rotatable bonds is 32. The van der Waals surface area contributed by atoms with Gasteiger partial charge in [0.15, 0.2) is 0 Å². The van der Waals surface area contributed by atoms with E-state index in [1.807, 2.05) is 69.2 Å². The van der Waals surface area contributed by atoms with Gasteiger partial charge in [0.25, 0.3) is 23.6 Å². The number of hydrogen-bond acceptors (Lipinski definition) is 12. The zero-order chi connectivity index (χ0) is 69.0. The molecule has 0 saturated heterocycles. The van der Waals surface area contributed by atoms with Crippen LogP contribution < -0.4 is 47.9 Å². The molecule has 21 nitrogen and oxygen atoms in total. The van der Waals surface area contributed by atoms with Crippen molar-refractivity contribution in [2.45, 2.75) is 158 Å². The van der Waals surface area contributed by atoms with E-state index in [4.69, 9.17) is 9.47 Å². The molecule has 0 saturated carbocycles. The van der Waals surface area contributed by atoms with Crippen molar-refractivity contribution in [3.05, 3.63) is 166 Å². The predicted octanol–water partition coefficient (Wildman–Crippen LogP) is 8.85. The summed E-state index contributed by atoms with van der Waals surface area (Å²) >= 11 is 0. The summed E-state index contributed by atoms with van der Waals surface area (Å²) in [5.74, 6) is -8.05. The van der Waals surface area contributed by atoms with Crippen LogP contribution in [-0.2, 0) is 52.6 Å². The van der Waals surface area contributed by atoms with Crippen LogP contribution in [0, 0.1) is 29.6 Å². The van der Waals surface area contributed by atoms with Gasteiger partial charge in [-0.15, -0.1) is 0 Å². The van der Waals surface area contributed by atoms with Gasteiger partial charge in [0.05, 0.1) is 7.11 Å². The molecule has 0 aliphatic heterocycles. The number of ether oxygens (including phenoxy) is 2. The Bertz CT molecular complexity index is 3300. The van der Waals surface area contributed by atoms with Crippen LogP contribution in [0.15, 0.2) is 144 Å². The van der Waals surface area contributed by atoms with Crippen molar-refractivity contribution in [3.63, 3.8) is 0 Å². The predicted molar refractivity (Wildman–Crippen MR) is 360 cm³/mol. The van der Waals surface area contributed by atoms with Crippen LogP contribution in [0.4, 0.5) is 4.79 Å².